The highest BCUT2D eigenvalue weighted by Gasteiger charge is 2.27. The molecule has 0 saturated carbocycles. The van der Waals surface area contributed by atoms with Crippen LogP contribution >= 0.6 is 0 Å². The molecule has 0 aromatic carbocycles. The summed E-state index contributed by atoms with van der Waals surface area (Å²) in [6.07, 6.45) is 8.12. The quantitative estimate of drug-likeness (QED) is 0.672. The Labute approximate surface area is 192 Å². The molecule has 0 radical (unpaired) electrons. The van der Waals surface area contributed by atoms with E-state index in [1.165, 1.54) is 5.69 Å². The molecule has 0 bridgehead atoms. The molecular weight excluding hydrogens is 398 g/mol. The second-order valence-electron chi connectivity index (χ2n) is 8.79. The predicted molar refractivity (Wildman–Crippen MR) is 134 cm³/mol. The minimum absolute atomic E-state index is 0.390. The summed E-state index contributed by atoms with van der Waals surface area (Å²) in [4.78, 5) is 23.3. The maximum atomic E-state index is 4.93. The van der Waals surface area contributed by atoms with E-state index in [0.29, 0.717) is 12.0 Å². The van der Waals surface area contributed by atoms with Gasteiger partial charge in [-0.1, -0.05) is 20.4 Å². The van der Waals surface area contributed by atoms with Crippen LogP contribution in [0.5, 0.6) is 0 Å². The predicted octanol–water partition coefficient (Wildman–Crippen LogP) is 4.32. The first-order valence-corrected chi connectivity index (χ1v) is 11.6. The van der Waals surface area contributed by atoms with Crippen LogP contribution in [0.4, 0.5) is 23.1 Å². The summed E-state index contributed by atoms with van der Waals surface area (Å²) in [7, 11) is 4.14. The van der Waals surface area contributed by atoms with Crippen LogP contribution in [0.3, 0.4) is 0 Å². The second-order valence-corrected chi connectivity index (χ2v) is 8.79. The van der Waals surface area contributed by atoms with Gasteiger partial charge in [-0.05, 0) is 50.6 Å². The second kappa shape index (κ2) is 9.28. The highest BCUT2D eigenvalue weighted by Crippen LogP contribution is 2.37. The van der Waals surface area contributed by atoms with Crippen LogP contribution in [0.2, 0.25) is 0 Å². The number of anilines is 4. The Hall–Kier alpha value is -2.93. The van der Waals surface area contributed by atoms with Crippen molar-refractivity contribution in [2.45, 2.75) is 39.7 Å². The van der Waals surface area contributed by atoms with Crippen molar-refractivity contribution in [2.24, 2.45) is 0 Å². The smallest absolute Gasteiger partial charge is 0.231 e. The van der Waals surface area contributed by atoms with Gasteiger partial charge in [0.2, 0.25) is 5.95 Å². The molecule has 4 heterocycles. The molecule has 0 amide bonds. The first-order valence-electron chi connectivity index (χ1n) is 11.6. The van der Waals surface area contributed by atoms with E-state index in [4.69, 9.17) is 15.0 Å². The van der Waals surface area contributed by atoms with Crippen LogP contribution in [0.1, 0.15) is 39.3 Å². The molecule has 2 aliphatic rings. The molecule has 0 atom stereocenters. The van der Waals surface area contributed by atoms with Crippen LogP contribution < -0.4 is 14.7 Å². The van der Waals surface area contributed by atoms with E-state index in [2.05, 4.69) is 67.3 Å². The topological polar surface area (TPSA) is 51.6 Å². The van der Waals surface area contributed by atoms with Gasteiger partial charge in [0.25, 0.3) is 0 Å². The zero-order valence-electron chi connectivity index (χ0n) is 20.0. The zero-order valence-corrected chi connectivity index (χ0v) is 20.0. The Bertz CT molecular complexity index is 986. The first kappa shape index (κ1) is 22.3. The largest absolute Gasteiger partial charge is 0.368 e. The molecule has 0 aliphatic carbocycles. The molecule has 4 rings (SSSR count). The van der Waals surface area contributed by atoms with E-state index in [0.717, 1.165) is 67.5 Å². The molecule has 7 heteroatoms. The number of hydrogen-bond donors (Lipinski definition) is 0. The lowest BCUT2D eigenvalue weighted by molar-refractivity contribution is 0.313. The van der Waals surface area contributed by atoms with Crippen LogP contribution in [0, 0.1) is 0 Å². The summed E-state index contributed by atoms with van der Waals surface area (Å²) in [5, 5.41) is 0. The summed E-state index contributed by atoms with van der Waals surface area (Å²) in [6, 6.07) is 4.59. The molecule has 1 fully saturated rings. The number of piperazine rings is 1. The number of nitrogens with zero attached hydrogens (tertiary/aromatic N) is 7. The molecule has 2 aromatic heterocycles. The van der Waals surface area contributed by atoms with Gasteiger partial charge < -0.3 is 14.7 Å². The standard InChI is InChI=1S/C25H35N7/c1-7-20(8-2)32-19(4)15-18(3)24-22(32)17-27-25(28-24)30(6)23-10-9-21(16-26-23)31-13-11-29(5)12-14-31/h9-10,15-17,20H,4,7-8,11-14H2,1-3,5-6H3. The number of allylic oxidation sites excluding steroid dienone is 2. The molecule has 170 valence electrons. The molecule has 2 aliphatic heterocycles. The van der Waals surface area contributed by atoms with Gasteiger partial charge in [0.15, 0.2) is 0 Å². The van der Waals surface area contributed by atoms with Gasteiger partial charge in [-0.2, -0.15) is 0 Å². The lowest BCUT2D eigenvalue weighted by Gasteiger charge is -2.37. The van der Waals surface area contributed by atoms with Crippen molar-refractivity contribution in [3.63, 3.8) is 0 Å². The molecule has 1 saturated heterocycles. The minimum Gasteiger partial charge on any atom is -0.368 e. The van der Waals surface area contributed by atoms with Gasteiger partial charge >= 0.3 is 0 Å². The number of hydrogen-bond acceptors (Lipinski definition) is 7. The highest BCUT2D eigenvalue weighted by atomic mass is 15.3. The first-order chi connectivity index (χ1) is 15.4. The fourth-order valence-electron chi connectivity index (χ4n) is 4.55. The van der Waals surface area contributed by atoms with Gasteiger partial charge in [-0.3, -0.25) is 4.90 Å². The lowest BCUT2D eigenvalue weighted by Crippen LogP contribution is -2.44. The van der Waals surface area contributed by atoms with Crippen molar-refractivity contribution >= 4 is 28.7 Å². The molecule has 0 spiro atoms. The number of aromatic nitrogens is 3. The Balaban J connectivity index is 1.58. The normalized spacial score (nSPS) is 16.9. The number of fused-ring (bicyclic) bond motifs is 1. The fourth-order valence-corrected chi connectivity index (χ4v) is 4.55. The van der Waals surface area contributed by atoms with E-state index in [1.54, 1.807) is 0 Å². The van der Waals surface area contributed by atoms with Crippen molar-refractivity contribution in [3.05, 3.63) is 48.6 Å². The summed E-state index contributed by atoms with van der Waals surface area (Å²) in [5.74, 6) is 1.48. The number of likely N-dealkylation sites (N-methyl/N-ethyl adjacent to an activating group) is 1. The average molecular weight is 434 g/mol. The van der Waals surface area contributed by atoms with E-state index in [1.807, 2.05) is 24.3 Å². The molecular formula is C25H35N7. The van der Waals surface area contributed by atoms with E-state index in [9.17, 15) is 0 Å². The van der Waals surface area contributed by atoms with Crippen LogP contribution in [0.25, 0.3) is 5.57 Å². The van der Waals surface area contributed by atoms with Gasteiger partial charge in [-0.25, -0.2) is 15.0 Å². The van der Waals surface area contributed by atoms with Crippen molar-refractivity contribution in [3.8, 4) is 0 Å². The van der Waals surface area contributed by atoms with Gasteiger partial charge in [0, 0.05) is 45.0 Å². The highest BCUT2D eigenvalue weighted by molar-refractivity contribution is 5.81. The minimum atomic E-state index is 0.390. The van der Waals surface area contributed by atoms with Crippen molar-refractivity contribution in [1.82, 2.24) is 19.9 Å². The van der Waals surface area contributed by atoms with Crippen LogP contribution in [0.15, 0.2) is 42.9 Å². The van der Waals surface area contributed by atoms with Crippen LogP contribution in [-0.4, -0.2) is 66.2 Å². The van der Waals surface area contributed by atoms with Crippen LogP contribution in [-0.2, 0) is 0 Å². The van der Waals surface area contributed by atoms with Crippen molar-refractivity contribution in [1.29, 1.82) is 0 Å². The van der Waals surface area contributed by atoms with Gasteiger partial charge in [-0.15, -0.1) is 0 Å². The maximum Gasteiger partial charge on any atom is 0.231 e. The van der Waals surface area contributed by atoms with Crippen molar-refractivity contribution in [2.75, 3.05) is 55.0 Å². The molecule has 0 unspecified atom stereocenters. The lowest BCUT2D eigenvalue weighted by atomic mass is 10.0. The SMILES string of the molecule is C=C1C=C(C)c2nc(N(C)c3ccc(N4CCN(C)CC4)cn3)ncc2N1C(CC)CC. The number of rotatable bonds is 6. The maximum absolute atomic E-state index is 4.93. The van der Waals surface area contributed by atoms with E-state index < -0.39 is 0 Å². The average Bonchev–Trinajstić information content (AvgIpc) is 2.81. The fraction of sp³-hybridized carbons (Fsp3) is 0.480. The Morgan fingerprint density at radius 2 is 1.78 bits per heavy atom. The third kappa shape index (κ3) is 4.21. The Kier molecular flexibility index (Phi) is 6.46. The number of pyridine rings is 1. The molecule has 2 aromatic rings. The van der Waals surface area contributed by atoms with Gasteiger partial charge in [0.05, 0.1) is 29.5 Å². The zero-order chi connectivity index (χ0) is 22.8. The molecule has 7 nitrogen and oxygen atoms in total. The molecule has 32 heavy (non-hydrogen) atoms. The summed E-state index contributed by atoms with van der Waals surface area (Å²) in [5.41, 5.74) is 5.30. The monoisotopic (exact) mass is 433 g/mol. The third-order valence-corrected chi connectivity index (χ3v) is 6.63. The van der Waals surface area contributed by atoms with E-state index in [-0.39, 0.29) is 0 Å². The molecule has 0 N–H and O–H groups in total. The summed E-state index contributed by atoms with van der Waals surface area (Å²) in [6.45, 7) is 15.0. The Morgan fingerprint density at radius 1 is 1.06 bits per heavy atom. The summed E-state index contributed by atoms with van der Waals surface area (Å²) >= 11 is 0. The van der Waals surface area contributed by atoms with Gasteiger partial charge in [0.1, 0.15) is 5.82 Å². The van der Waals surface area contributed by atoms with Crippen molar-refractivity contribution < 1.29 is 0 Å². The third-order valence-electron chi connectivity index (χ3n) is 6.63. The summed E-state index contributed by atoms with van der Waals surface area (Å²) < 4.78 is 0. The Morgan fingerprint density at radius 3 is 2.41 bits per heavy atom. The van der Waals surface area contributed by atoms with E-state index >= 15 is 0 Å².